The third-order valence-electron chi connectivity index (χ3n) is 10.8. The molecule has 2 aromatic rings. The summed E-state index contributed by atoms with van der Waals surface area (Å²) in [5.41, 5.74) is 7.91. The molecule has 0 N–H and O–H groups in total. The Balaban J connectivity index is 1.17. The van der Waals surface area contributed by atoms with Crippen LogP contribution in [0.15, 0.2) is 83.5 Å². The molecule has 4 aliphatic carbocycles. The van der Waals surface area contributed by atoms with Crippen LogP contribution in [-0.2, 0) is 11.2 Å². The Morgan fingerprint density at radius 3 is 2.43 bits per heavy atom. The summed E-state index contributed by atoms with van der Waals surface area (Å²) in [7, 11) is 0. The summed E-state index contributed by atoms with van der Waals surface area (Å²) < 4.78 is 6.02. The molecular formula is C35H42O2. The van der Waals surface area contributed by atoms with Gasteiger partial charge in [0.05, 0.1) is 5.56 Å². The van der Waals surface area contributed by atoms with E-state index in [4.69, 9.17) is 4.74 Å². The summed E-state index contributed by atoms with van der Waals surface area (Å²) in [6, 6.07) is 20.5. The third-order valence-corrected chi connectivity index (χ3v) is 10.8. The zero-order chi connectivity index (χ0) is 25.6. The van der Waals surface area contributed by atoms with Crippen molar-refractivity contribution < 1.29 is 9.53 Å². The molecule has 0 aliphatic heterocycles. The van der Waals surface area contributed by atoms with Crippen LogP contribution in [0.3, 0.4) is 0 Å². The fourth-order valence-corrected chi connectivity index (χ4v) is 8.74. The highest BCUT2D eigenvalue weighted by atomic mass is 16.5. The minimum absolute atomic E-state index is 0.0516. The first-order chi connectivity index (χ1) is 17.9. The van der Waals surface area contributed by atoms with Gasteiger partial charge in [0.1, 0.15) is 6.10 Å². The van der Waals surface area contributed by atoms with Crippen LogP contribution >= 0.6 is 0 Å². The molecule has 4 aliphatic rings. The maximum Gasteiger partial charge on any atom is 0.338 e. The Kier molecular flexibility index (Phi) is 6.42. The Labute approximate surface area is 223 Å². The Morgan fingerprint density at radius 2 is 1.68 bits per heavy atom. The minimum Gasteiger partial charge on any atom is -0.459 e. The molecule has 6 rings (SSSR count). The van der Waals surface area contributed by atoms with Crippen molar-refractivity contribution in [2.75, 3.05) is 0 Å². The second-order valence-corrected chi connectivity index (χ2v) is 12.8. The number of benzene rings is 2. The van der Waals surface area contributed by atoms with E-state index in [0.717, 1.165) is 25.2 Å². The predicted octanol–water partition coefficient (Wildman–Crippen LogP) is 8.73. The Morgan fingerprint density at radius 1 is 0.946 bits per heavy atom. The standard InChI is InChI=1S/C35H42O2/c1-24(22-25-10-6-4-7-11-25)30-16-17-31-29-15-14-27-23-28(37-33(36)26-12-8-5-9-13-26)18-20-34(27,2)32(29)19-21-35(30,31)3/h4-13,17,24,27-28,30H,14-16,18-23H2,1-3H3/t24-,27+,28+,30-,34+,35-/m1/s1. The zero-order valence-corrected chi connectivity index (χ0v) is 22.8. The lowest BCUT2D eigenvalue weighted by atomic mass is 9.51. The van der Waals surface area contributed by atoms with Crippen LogP contribution in [0.2, 0.25) is 0 Å². The van der Waals surface area contributed by atoms with Crippen LogP contribution in [0.5, 0.6) is 0 Å². The van der Waals surface area contributed by atoms with Gasteiger partial charge in [0.25, 0.3) is 0 Å². The number of esters is 1. The van der Waals surface area contributed by atoms with Crippen molar-refractivity contribution in [3.05, 3.63) is 94.6 Å². The van der Waals surface area contributed by atoms with E-state index in [2.05, 4.69) is 57.2 Å². The summed E-state index contributed by atoms with van der Waals surface area (Å²) in [5, 5.41) is 0. The van der Waals surface area contributed by atoms with Crippen LogP contribution in [0.4, 0.5) is 0 Å². The van der Waals surface area contributed by atoms with Crippen LogP contribution < -0.4 is 0 Å². The lowest BCUT2D eigenvalue weighted by Crippen LogP contribution is -2.44. The average Bonchev–Trinajstić information content (AvgIpc) is 3.27. The lowest BCUT2D eigenvalue weighted by molar-refractivity contribution is -0.0124. The number of ether oxygens (including phenoxy) is 1. The number of hydrogen-bond donors (Lipinski definition) is 0. The molecule has 0 aromatic heterocycles. The lowest BCUT2D eigenvalue weighted by Gasteiger charge is -2.54. The molecule has 0 saturated heterocycles. The van der Waals surface area contributed by atoms with E-state index < -0.39 is 0 Å². The molecule has 6 atom stereocenters. The van der Waals surface area contributed by atoms with Gasteiger partial charge in [0.2, 0.25) is 0 Å². The van der Waals surface area contributed by atoms with Crippen LogP contribution in [0.25, 0.3) is 0 Å². The first-order valence-corrected chi connectivity index (χ1v) is 14.6. The number of carbonyl (C=O) groups is 1. The molecule has 194 valence electrons. The maximum atomic E-state index is 12.7. The van der Waals surface area contributed by atoms with Gasteiger partial charge in [-0.05, 0) is 115 Å². The largest absolute Gasteiger partial charge is 0.459 e. The summed E-state index contributed by atoms with van der Waals surface area (Å²) in [4.78, 5) is 12.7. The van der Waals surface area contributed by atoms with Gasteiger partial charge in [0.15, 0.2) is 0 Å². The van der Waals surface area contributed by atoms with Gasteiger partial charge in [-0.3, -0.25) is 0 Å². The zero-order valence-electron chi connectivity index (χ0n) is 22.8. The second-order valence-electron chi connectivity index (χ2n) is 12.8. The number of carbonyl (C=O) groups excluding carboxylic acids is 1. The van der Waals surface area contributed by atoms with E-state index in [-0.39, 0.29) is 17.5 Å². The Hall–Kier alpha value is -2.61. The minimum atomic E-state index is -0.162. The quantitative estimate of drug-likeness (QED) is 0.388. The molecule has 2 aromatic carbocycles. The van der Waals surface area contributed by atoms with Gasteiger partial charge in [-0.2, -0.15) is 0 Å². The van der Waals surface area contributed by atoms with Crippen molar-refractivity contribution in [2.45, 2.75) is 84.7 Å². The smallest absolute Gasteiger partial charge is 0.338 e. The first-order valence-electron chi connectivity index (χ1n) is 14.6. The topological polar surface area (TPSA) is 26.3 Å². The van der Waals surface area contributed by atoms with Crippen molar-refractivity contribution in [2.24, 2.45) is 28.6 Å². The van der Waals surface area contributed by atoms with Gasteiger partial charge in [-0.25, -0.2) is 4.79 Å². The molecule has 0 heterocycles. The molecule has 0 bridgehead atoms. The molecule has 1 fully saturated rings. The summed E-state index contributed by atoms with van der Waals surface area (Å²) >= 11 is 0. The molecule has 1 saturated carbocycles. The van der Waals surface area contributed by atoms with Crippen molar-refractivity contribution in [1.29, 1.82) is 0 Å². The highest BCUT2D eigenvalue weighted by Gasteiger charge is 2.53. The van der Waals surface area contributed by atoms with E-state index in [1.165, 1.54) is 44.1 Å². The monoisotopic (exact) mass is 494 g/mol. The highest BCUT2D eigenvalue weighted by Crippen LogP contribution is 2.64. The molecule has 0 unspecified atom stereocenters. The molecular weight excluding hydrogens is 452 g/mol. The SMILES string of the molecule is C[C@H](Cc1ccccc1)[C@H]1CC=C2C3=C(CC[C@@]21C)[C@@]1(C)CC[C@H](OC(=O)c2ccccc2)C[C@@H]1CC3. The average molecular weight is 495 g/mol. The third kappa shape index (κ3) is 4.31. The summed E-state index contributed by atoms with van der Waals surface area (Å²) in [5.74, 6) is 1.87. The molecule has 0 amide bonds. The molecule has 0 spiro atoms. The van der Waals surface area contributed by atoms with E-state index in [1.54, 1.807) is 16.7 Å². The maximum absolute atomic E-state index is 12.7. The number of rotatable bonds is 5. The first kappa shape index (κ1) is 24.7. The van der Waals surface area contributed by atoms with E-state index in [0.29, 0.717) is 22.8 Å². The van der Waals surface area contributed by atoms with Crippen molar-refractivity contribution in [1.82, 2.24) is 0 Å². The normalized spacial score (nSPS) is 33.6. The number of hydrogen-bond acceptors (Lipinski definition) is 2. The van der Waals surface area contributed by atoms with Gasteiger partial charge in [-0.15, -0.1) is 0 Å². The van der Waals surface area contributed by atoms with Crippen molar-refractivity contribution in [3.8, 4) is 0 Å². The summed E-state index contributed by atoms with van der Waals surface area (Å²) in [6.07, 6.45) is 13.2. The number of fused-ring (bicyclic) bond motifs is 4. The van der Waals surface area contributed by atoms with E-state index in [1.807, 2.05) is 30.3 Å². The van der Waals surface area contributed by atoms with Gasteiger partial charge in [-0.1, -0.05) is 81.0 Å². The Bertz CT molecular complexity index is 1210. The predicted molar refractivity (Wildman–Crippen MR) is 150 cm³/mol. The fourth-order valence-electron chi connectivity index (χ4n) is 8.74. The van der Waals surface area contributed by atoms with Gasteiger partial charge < -0.3 is 4.74 Å². The van der Waals surface area contributed by atoms with Gasteiger partial charge >= 0.3 is 5.97 Å². The molecule has 2 heteroatoms. The van der Waals surface area contributed by atoms with Crippen LogP contribution in [-0.4, -0.2) is 12.1 Å². The molecule has 2 nitrogen and oxygen atoms in total. The van der Waals surface area contributed by atoms with E-state index in [9.17, 15) is 4.79 Å². The second kappa shape index (κ2) is 9.61. The molecule has 0 radical (unpaired) electrons. The number of allylic oxidation sites excluding steroid dienone is 4. The van der Waals surface area contributed by atoms with Crippen LogP contribution in [0.1, 0.15) is 88.1 Å². The van der Waals surface area contributed by atoms with Crippen LogP contribution in [0, 0.1) is 28.6 Å². The fraction of sp³-hybridized carbons (Fsp3) is 0.514. The highest BCUT2D eigenvalue weighted by molar-refractivity contribution is 5.89. The van der Waals surface area contributed by atoms with Crippen molar-refractivity contribution in [3.63, 3.8) is 0 Å². The van der Waals surface area contributed by atoms with E-state index >= 15 is 0 Å². The van der Waals surface area contributed by atoms with Crippen molar-refractivity contribution >= 4 is 5.97 Å². The summed E-state index contributed by atoms with van der Waals surface area (Å²) in [6.45, 7) is 7.60. The van der Waals surface area contributed by atoms with Gasteiger partial charge in [0, 0.05) is 0 Å². The molecule has 37 heavy (non-hydrogen) atoms.